The number of phenolic OH excluding ortho intramolecular Hbond substituents is 2. The maximum Gasteiger partial charge on any atom is 0.331 e. The minimum atomic E-state index is -1.37. The van der Waals surface area contributed by atoms with E-state index in [1.807, 2.05) is 38.9 Å². The zero-order valence-electron chi connectivity index (χ0n) is 31.8. The van der Waals surface area contributed by atoms with Crippen LogP contribution in [0.25, 0.3) is 0 Å². The fourth-order valence-electron chi connectivity index (χ4n) is 9.51. The summed E-state index contributed by atoms with van der Waals surface area (Å²) < 4.78 is 36.1. The fraction of sp³-hybridized carbons (Fsp3) is 0.475. The number of nitrogens with zero attached hydrogens (tertiary/aromatic N) is 3. The molecular formula is C40H44N4O10S. The maximum atomic E-state index is 14.8. The third-order valence-electron chi connectivity index (χ3n) is 11.7. The monoisotopic (exact) mass is 772 g/mol. The topological polar surface area (TPSA) is 172 Å². The van der Waals surface area contributed by atoms with Crippen LogP contribution >= 0.6 is 11.8 Å². The van der Waals surface area contributed by atoms with Crippen LogP contribution in [0.4, 0.5) is 0 Å². The van der Waals surface area contributed by atoms with E-state index in [9.17, 15) is 25.1 Å². The first-order valence-electron chi connectivity index (χ1n) is 18.2. The number of nitrogens with one attached hydrogen (secondary N) is 1. The average molecular weight is 773 g/mol. The third kappa shape index (κ3) is 5.48. The summed E-state index contributed by atoms with van der Waals surface area (Å²) in [7, 11) is 6.84. The molecule has 6 aliphatic heterocycles. The van der Waals surface area contributed by atoms with Crippen molar-refractivity contribution in [1.82, 2.24) is 15.1 Å². The number of thioether (sulfide) groups is 1. The second-order valence-corrected chi connectivity index (χ2v) is 16.0. The van der Waals surface area contributed by atoms with Gasteiger partial charge in [-0.1, -0.05) is 6.07 Å². The summed E-state index contributed by atoms with van der Waals surface area (Å²) in [4.78, 5) is 31.8. The third-order valence-corrected chi connectivity index (χ3v) is 13.2. The number of hydrogen-bond donors (Lipinski definition) is 3. The van der Waals surface area contributed by atoms with Crippen LogP contribution in [0, 0.1) is 25.2 Å². The van der Waals surface area contributed by atoms with Crippen LogP contribution in [0.15, 0.2) is 18.2 Å². The molecule has 0 aliphatic carbocycles. The molecule has 3 N–H and O–H groups in total. The van der Waals surface area contributed by atoms with Gasteiger partial charge in [-0.15, -0.1) is 11.8 Å². The molecule has 2 bridgehead atoms. The molecule has 0 radical (unpaired) electrons. The van der Waals surface area contributed by atoms with Crippen LogP contribution in [0.2, 0.25) is 0 Å². The van der Waals surface area contributed by atoms with Crippen molar-refractivity contribution in [3.63, 3.8) is 0 Å². The molecule has 14 nitrogen and oxygen atoms in total. The standard InChI is InChI=1S/C40H44N4O10S/c1-18-10-22-11-23(14-41)44-25-15-51-39(48)40(24-13-27(49-6)26(46)12-21(24)8-9-42-40)16-55-38(32(44)31(43(4)5)28(22)33(47)34(18)50-7)30-29(25)37-36(52-17-53-37)19(2)35(30)54-20(3)45/h10,12-13,23,25,31-32,38,42,46-47H,8-9,11,15-17H2,1-7H3/t23?,25-,31-,32+,38+,40-/m0/s1. The molecule has 1 spiro atoms. The van der Waals surface area contributed by atoms with Gasteiger partial charge in [-0.2, -0.15) is 5.26 Å². The number of aromatic hydroxyl groups is 2. The minimum Gasteiger partial charge on any atom is -0.504 e. The van der Waals surface area contributed by atoms with Crippen molar-refractivity contribution in [3.8, 4) is 46.3 Å². The Morgan fingerprint density at radius 1 is 1.05 bits per heavy atom. The largest absolute Gasteiger partial charge is 0.504 e. The SMILES string of the molecule is COc1cc2c(cc1O)CCN[C@@]21CS[C@@H]2c3c(OC(C)=O)c(C)c4c(c3[C@H](COC1=O)N1C(C#N)Cc3cc(C)c(OC)c(O)c3[C@H](N(C)C)[C@H]21)OCO4. The molecule has 6 aliphatic rings. The van der Waals surface area contributed by atoms with Gasteiger partial charge in [0.25, 0.3) is 0 Å². The molecule has 0 saturated carbocycles. The van der Waals surface area contributed by atoms with Crippen molar-refractivity contribution in [2.75, 3.05) is 54.0 Å². The van der Waals surface area contributed by atoms with Crippen LogP contribution in [0.3, 0.4) is 0 Å². The van der Waals surface area contributed by atoms with Crippen LogP contribution < -0.4 is 29.0 Å². The lowest BCUT2D eigenvalue weighted by Gasteiger charge is -2.53. The number of aryl methyl sites for hydroxylation is 1. The van der Waals surface area contributed by atoms with Crippen LogP contribution in [-0.4, -0.2) is 98.0 Å². The van der Waals surface area contributed by atoms with Gasteiger partial charge in [0, 0.05) is 53.9 Å². The minimum absolute atomic E-state index is 0.00678. The van der Waals surface area contributed by atoms with Gasteiger partial charge < -0.3 is 43.5 Å². The van der Waals surface area contributed by atoms with E-state index in [0.717, 1.165) is 16.7 Å². The van der Waals surface area contributed by atoms with E-state index in [0.29, 0.717) is 63.8 Å². The van der Waals surface area contributed by atoms with E-state index in [1.165, 1.54) is 32.9 Å². The molecule has 3 aromatic rings. The van der Waals surface area contributed by atoms with E-state index < -0.39 is 46.9 Å². The van der Waals surface area contributed by atoms with Crippen molar-refractivity contribution < 1.29 is 48.2 Å². The Morgan fingerprint density at radius 2 is 1.82 bits per heavy atom. The summed E-state index contributed by atoms with van der Waals surface area (Å²) in [5, 5.41) is 36.8. The molecule has 290 valence electrons. The van der Waals surface area contributed by atoms with Crippen LogP contribution in [0.1, 0.15) is 68.8 Å². The number of fused-ring (bicyclic) bond motifs is 6. The molecule has 6 atom stereocenters. The van der Waals surface area contributed by atoms with Gasteiger partial charge >= 0.3 is 11.9 Å². The molecule has 15 heteroatoms. The van der Waals surface area contributed by atoms with E-state index >= 15 is 0 Å². The molecular weight excluding hydrogens is 729 g/mol. The Labute approximate surface area is 323 Å². The lowest BCUT2D eigenvalue weighted by atomic mass is 9.79. The first-order chi connectivity index (χ1) is 26.4. The quantitative estimate of drug-likeness (QED) is 0.254. The van der Waals surface area contributed by atoms with Gasteiger partial charge in [-0.25, -0.2) is 4.79 Å². The van der Waals surface area contributed by atoms with E-state index in [2.05, 4.69) is 16.3 Å². The number of ether oxygens (including phenoxy) is 6. The predicted molar refractivity (Wildman–Crippen MR) is 200 cm³/mol. The highest BCUT2D eigenvalue weighted by atomic mass is 32.2. The van der Waals surface area contributed by atoms with Gasteiger partial charge in [-0.05, 0) is 68.8 Å². The van der Waals surface area contributed by atoms with Gasteiger partial charge in [0.1, 0.15) is 18.4 Å². The summed E-state index contributed by atoms with van der Waals surface area (Å²) in [5.41, 5.74) is 4.06. The Kier molecular flexibility index (Phi) is 9.23. The second kappa shape index (κ2) is 13.7. The zero-order chi connectivity index (χ0) is 39.1. The Morgan fingerprint density at radius 3 is 2.51 bits per heavy atom. The highest BCUT2D eigenvalue weighted by Gasteiger charge is 2.57. The number of carbonyl (C=O) groups is 2. The summed E-state index contributed by atoms with van der Waals surface area (Å²) in [5.74, 6) is 0.807. The Balaban J connectivity index is 1.44. The number of likely N-dealkylation sites (N-methyl/N-ethyl adjacent to an activating group) is 1. The van der Waals surface area contributed by atoms with Crippen molar-refractivity contribution >= 4 is 23.7 Å². The smallest absolute Gasteiger partial charge is 0.331 e. The molecule has 1 saturated heterocycles. The number of methoxy groups -OCH3 is 2. The van der Waals surface area contributed by atoms with E-state index in [-0.39, 0.29) is 42.8 Å². The molecule has 0 amide bonds. The van der Waals surface area contributed by atoms with Crippen LogP contribution in [0.5, 0.6) is 40.2 Å². The molecule has 1 unspecified atom stereocenters. The lowest BCUT2D eigenvalue weighted by Crippen LogP contribution is -2.60. The van der Waals surface area contributed by atoms with Crippen molar-refractivity contribution in [1.29, 1.82) is 5.26 Å². The van der Waals surface area contributed by atoms with Gasteiger partial charge in [0.05, 0.1) is 37.6 Å². The fourth-order valence-corrected chi connectivity index (χ4v) is 11.2. The van der Waals surface area contributed by atoms with Crippen molar-refractivity contribution in [3.05, 3.63) is 62.7 Å². The molecule has 55 heavy (non-hydrogen) atoms. The summed E-state index contributed by atoms with van der Waals surface area (Å²) in [6.07, 6.45) is 0.813. The Hall–Kier alpha value is -4.88. The maximum absolute atomic E-state index is 14.8. The molecule has 1 fully saturated rings. The van der Waals surface area contributed by atoms with Gasteiger partial charge in [0.15, 0.2) is 40.0 Å². The lowest BCUT2D eigenvalue weighted by molar-refractivity contribution is -0.155. The number of hydrogen-bond acceptors (Lipinski definition) is 15. The van der Waals surface area contributed by atoms with Crippen molar-refractivity contribution in [2.45, 2.75) is 68.6 Å². The predicted octanol–water partition coefficient (Wildman–Crippen LogP) is 4.23. The summed E-state index contributed by atoms with van der Waals surface area (Å²) in [6, 6.07) is 5.20. The van der Waals surface area contributed by atoms with Gasteiger partial charge in [0.2, 0.25) is 6.79 Å². The molecule has 3 aromatic carbocycles. The van der Waals surface area contributed by atoms with Crippen molar-refractivity contribution in [2.24, 2.45) is 0 Å². The van der Waals surface area contributed by atoms with Crippen LogP contribution in [-0.2, 0) is 32.7 Å². The summed E-state index contributed by atoms with van der Waals surface area (Å²) >= 11 is 1.46. The second-order valence-electron chi connectivity index (χ2n) is 14.9. The molecule has 6 heterocycles. The first kappa shape index (κ1) is 37.1. The molecule has 9 rings (SSSR count). The number of nitriles is 1. The number of phenols is 2. The normalized spacial score (nSPS) is 26.5. The average Bonchev–Trinajstić information content (AvgIpc) is 3.59. The van der Waals surface area contributed by atoms with Gasteiger partial charge in [-0.3, -0.25) is 15.0 Å². The number of carbonyl (C=O) groups excluding carboxylic acids is 2. The van der Waals surface area contributed by atoms with E-state index in [1.54, 1.807) is 12.1 Å². The number of benzene rings is 3. The summed E-state index contributed by atoms with van der Waals surface area (Å²) in [6.45, 7) is 5.19. The Bertz CT molecular complexity index is 2170. The zero-order valence-corrected chi connectivity index (χ0v) is 32.6. The molecule has 0 aromatic heterocycles. The van der Waals surface area contributed by atoms with E-state index in [4.69, 9.17) is 28.4 Å². The highest BCUT2D eigenvalue weighted by molar-refractivity contribution is 7.99. The first-order valence-corrected chi connectivity index (χ1v) is 19.2. The number of rotatable bonds is 4. The number of esters is 2. The highest BCUT2D eigenvalue weighted by Crippen LogP contribution is 2.63.